The van der Waals surface area contributed by atoms with Gasteiger partial charge in [0.1, 0.15) is 0 Å². The van der Waals surface area contributed by atoms with E-state index in [1.807, 2.05) is 0 Å². The molecule has 0 saturated heterocycles. The van der Waals surface area contributed by atoms with Gasteiger partial charge in [0.25, 0.3) is 0 Å². The molecule has 0 aromatic rings. The van der Waals surface area contributed by atoms with Crippen molar-refractivity contribution >= 4 is 24.2 Å². The summed E-state index contributed by atoms with van der Waals surface area (Å²) in [5.74, 6) is 0. The fourth-order valence-corrected chi connectivity index (χ4v) is 3.27. The zero-order valence-electron chi connectivity index (χ0n) is 15.0. The molecule has 0 heterocycles. The van der Waals surface area contributed by atoms with E-state index in [4.69, 9.17) is 4.43 Å². The van der Waals surface area contributed by atoms with E-state index in [-0.39, 0.29) is 0 Å². The second kappa shape index (κ2) is 11.9. The molecule has 0 aliphatic carbocycles. The van der Waals surface area contributed by atoms with E-state index in [1.165, 1.54) is 44.9 Å². The Morgan fingerprint density at radius 2 is 1.38 bits per heavy atom. The van der Waals surface area contributed by atoms with Gasteiger partial charge >= 0.3 is 0 Å². The standard InChI is InChI=1S/C18H37BrOSi/c1-18(2,3)21(4,5)20-17-15-13-11-9-7-6-8-10-12-14-16-19/h10,12H,6-9,11,13-17H2,1-5H3/b12-10-. The SMILES string of the molecule is CC(C)(C)[Si](C)(C)OCCCCCCCC/C=C\CCBr. The van der Waals surface area contributed by atoms with Crippen molar-refractivity contribution in [3.8, 4) is 0 Å². The average molecular weight is 377 g/mol. The Hall–Kier alpha value is 0.397. The van der Waals surface area contributed by atoms with Crippen LogP contribution in [0.5, 0.6) is 0 Å². The molecule has 0 unspecified atom stereocenters. The molecule has 1 nitrogen and oxygen atoms in total. The van der Waals surface area contributed by atoms with Gasteiger partial charge in [0.15, 0.2) is 8.32 Å². The van der Waals surface area contributed by atoms with E-state index in [0.717, 1.165) is 18.4 Å². The Balaban J connectivity index is 3.38. The van der Waals surface area contributed by atoms with Gasteiger partial charge in [0.05, 0.1) is 0 Å². The quantitative estimate of drug-likeness (QED) is 0.153. The third kappa shape index (κ3) is 11.6. The Bertz CT molecular complexity index is 269. The number of halogens is 1. The molecule has 0 amide bonds. The van der Waals surface area contributed by atoms with Crippen molar-refractivity contribution in [2.24, 2.45) is 0 Å². The number of unbranched alkanes of at least 4 members (excludes halogenated alkanes) is 6. The summed E-state index contributed by atoms with van der Waals surface area (Å²) in [6, 6.07) is 0. The van der Waals surface area contributed by atoms with E-state index >= 15 is 0 Å². The smallest absolute Gasteiger partial charge is 0.191 e. The van der Waals surface area contributed by atoms with Gasteiger partial charge in [-0.15, -0.1) is 0 Å². The lowest BCUT2D eigenvalue weighted by molar-refractivity contribution is 0.277. The van der Waals surface area contributed by atoms with Gasteiger partial charge < -0.3 is 4.43 Å². The van der Waals surface area contributed by atoms with Crippen molar-refractivity contribution in [3.63, 3.8) is 0 Å². The molecule has 0 N–H and O–H groups in total. The zero-order valence-corrected chi connectivity index (χ0v) is 17.6. The second-order valence-electron chi connectivity index (χ2n) is 7.47. The third-order valence-electron chi connectivity index (χ3n) is 4.48. The topological polar surface area (TPSA) is 9.23 Å². The largest absolute Gasteiger partial charge is 0.417 e. The van der Waals surface area contributed by atoms with Crippen molar-refractivity contribution in [2.45, 2.75) is 90.3 Å². The summed E-state index contributed by atoms with van der Waals surface area (Å²) in [7, 11) is -1.51. The lowest BCUT2D eigenvalue weighted by atomic mass is 10.1. The summed E-state index contributed by atoms with van der Waals surface area (Å²) in [6.07, 6.45) is 15.1. The number of rotatable bonds is 12. The summed E-state index contributed by atoms with van der Waals surface area (Å²) in [4.78, 5) is 0. The van der Waals surface area contributed by atoms with E-state index in [1.54, 1.807) is 0 Å². The zero-order chi connectivity index (χ0) is 16.2. The lowest BCUT2D eigenvalue weighted by Crippen LogP contribution is -2.40. The maximum absolute atomic E-state index is 6.20. The van der Waals surface area contributed by atoms with Gasteiger partial charge in [-0.3, -0.25) is 0 Å². The van der Waals surface area contributed by atoms with Crippen LogP contribution in [0.4, 0.5) is 0 Å². The Kier molecular flexibility index (Phi) is 12.1. The summed E-state index contributed by atoms with van der Waals surface area (Å²) < 4.78 is 6.20. The predicted octanol–water partition coefficient (Wildman–Crippen LogP) is 7.08. The molecule has 0 spiro atoms. The molecule has 0 aliphatic heterocycles. The van der Waals surface area contributed by atoms with Crippen LogP contribution >= 0.6 is 15.9 Å². The Morgan fingerprint density at radius 1 is 0.857 bits per heavy atom. The van der Waals surface area contributed by atoms with E-state index in [0.29, 0.717) is 5.04 Å². The summed E-state index contributed by atoms with van der Waals surface area (Å²) in [6.45, 7) is 12.6. The maximum Gasteiger partial charge on any atom is 0.191 e. The van der Waals surface area contributed by atoms with Crippen LogP contribution < -0.4 is 0 Å². The summed E-state index contributed by atoms with van der Waals surface area (Å²) >= 11 is 3.44. The van der Waals surface area contributed by atoms with Gasteiger partial charge in [0.2, 0.25) is 0 Å². The lowest BCUT2D eigenvalue weighted by Gasteiger charge is -2.36. The van der Waals surface area contributed by atoms with Crippen LogP contribution in [0.1, 0.15) is 72.1 Å². The molecular weight excluding hydrogens is 340 g/mol. The molecule has 0 saturated carbocycles. The van der Waals surface area contributed by atoms with E-state index < -0.39 is 8.32 Å². The Morgan fingerprint density at radius 3 is 1.95 bits per heavy atom. The van der Waals surface area contributed by atoms with E-state index in [9.17, 15) is 0 Å². The fraction of sp³-hybridized carbons (Fsp3) is 0.889. The first-order valence-electron chi connectivity index (χ1n) is 8.66. The van der Waals surface area contributed by atoms with Crippen LogP contribution in [-0.2, 0) is 4.43 Å². The molecule has 0 bridgehead atoms. The highest BCUT2D eigenvalue weighted by Crippen LogP contribution is 2.36. The monoisotopic (exact) mass is 376 g/mol. The third-order valence-corrected chi connectivity index (χ3v) is 9.47. The molecular formula is C18H37BrOSi. The van der Waals surface area contributed by atoms with Crippen molar-refractivity contribution in [2.75, 3.05) is 11.9 Å². The highest BCUT2D eigenvalue weighted by molar-refractivity contribution is 9.09. The summed E-state index contributed by atoms with van der Waals surface area (Å²) in [5, 5.41) is 1.43. The maximum atomic E-state index is 6.20. The molecule has 0 aromatic carbocycles. The second-order valence-corrected chi connectivity index (χ2v) is 13.1. The van der Waals surface area contributed by atoms with E-state index in [2.05, 4.69) is 61.9 Å². The van der Waals surface area contributed by atoms with Gasteiger partial charge in [-0.25, -0.2) is 0 Å². The molecule has 3 heteroatoms. The normalized spacial score (nSPS) is 13.2. The first-order valence-corrected chi connectivity index (χ1v) is 12.7. The highest BCUT2D eigenvalue weighted by atomic mass is 79.9. The van der Waals surface area contributed by atoms with Crippen molar-refractivity contribution in [1.82, 2.24) is 0 Å². The molecule has 0 aliphatic rings. The van der Waals surface area contributed by atoms with Crippen molar-refractivity contribution in [1.29, 1.82) is 0 Å². The average Bonchev–Trinajstić information content (AvgIpc) is 2.38. The van der Waals surface area contributed by atoms with Gasteiger partial charge in [0, 0.05) is 11.9 Å². The minimum atomic E-state index is -1.51. The first-order chi connectivity index (χ1) is 9.81. The van der Waals surface area contributed by atoms with Crippen molar-refractivity contribution < 1.29 is 4.43 Å². The molecule has 0 radical (unpaired) electrons. The van der Waals surface area contributed by atoms with Crippen LogP contribution in [0, 0.1) is 0 Å². The highest BCUT2D eigenvalue weighted by Gasteiger charge is 2.36. The van der Waals surface area contributed by atoms with Crippen LogP contribution in [-0.4, -0.2) is 20.3 Å². The van der Waals surface area contributed by atoms with Crippen LogP contribution in [0.25, 0.3) is 0 Å². The number of hydrogen-bond acceptors (Lipinski definition) is 1. The number of alkyl halides is 1. The minimum Gasteiger partial charge on any atom is -0.417 e. The molecule has 126 valence electrons. The van der Waals surface area contributed by atoms with Gasteiger partial charge in [-0.1, -0.05) is 74.5 Å². The number of hydrogen-bond donors (Lipinski definition) is 0. The molecule has 21 heavy (non-hydrogen) atoms. The first kappa shape index (κ1) is 21.4. The fourth-order valence-electron chi connectivity index (χ4n) is 1.91. The van der Waals surface area contributed by atoms with Crippen LogP contribution in [0.3, 0.4) is 0 Å². The minimum absolute atomic E-state index is 0.343. The van der Waals surface area contributed by atoms with Gasteiger partial charge in [-0.2, -0.15) is 0 Å². The van der Waals surface area contributed by atoms with Crippen molar-refractivity contribution in [3.05, 3.63) is 12.2 Å². The summed E-state index contributed by atoms with van der Waals surface area (Å²) in [5.41, 5.74) is 0. The number of allylic oxidation sites excluding steroid dienone is 2. The van der Waals surface area contributed by atoms with Crippen LogP contribution in [0.2, 0.25) is 18.1 Å². The molecule has 0 atom stereocenters. The van der Waals surface area contributed by atoms with Crippen LogP contribution in [0.15, 0.2) is 12.2 Å². The van der Waals surface area contributed by atoms with Gasteiger partial charge in [-0.05, 0) is 43.8 Å². The molecule has 0 fully saturated rings. The molecule has 0 aromatic heterocycles. The molecule has 0 rings (SSSR count). The Labute approximate surface area is 143 Å². The predicted molar refractivity (Wildman–Crippen MR) is 103 cm³/mol.